The predicted octanol–water partition coefficient (Wildman–Crippen LogP) is 2.84. The summed E-state index contributed by atoms with van der Waals surface area (Å²) >= 11 is 11.4. The lowest BCUT2D eigenvalue weighted by molar-refractivity contribution is -0.116. The molecule has 0 saturated heterocycles. The van der Waals surface area contributed by atoms with E-state index < -0.39 is 0 Å². The van der Waals surface area contributed by atoms with E-state index in [0.717, 1.165) is 16.8 Å². The summed E-state index contributed by atoms with van der Waals surface area (Å²) in [7, 11) is 0. The van der Waals surface area contributed by atoms with Gasteiger partial charge < -0.3 is 5.32 Å². The van der Waals surface area contributed by atoms with Gasteiger partial charge in [0.2, 0.25) is 16.5 Å². The molecule has 19 heavy (non-hydrogen) atoms. The molecule has 0 atom stereocenters. The fraction of sp³-hybridized carbons (Fsp3) is 0.250. The maximum atomic E-state index is 11.9. The van der Waals surface area contributed by atoms with Crippen LogP contribution in [0, 0.1) is 13.8 Å². The number of rotatable bonds is 3. The van der Waals surface area contributed by atoms with Gasteiger partial charge in [-0.2, -0.15) is 4.98 Å². The van der Waals surface area contributed by atoms with Gasteiger partial charge in [-0.05, 0) is 60.3 Å². The Labute approximate surface area is 120 Å². The summed E-state index contributed by atoms with van der Waals surface area (Å²) in [6, 6.07) is 5.81. The van der Waals surface area contributed by atoms with Crippen molar-refractivity contribution in [3.63, 3.8) is 0 Å². The Kier molecular flexibility index (Phi) is 4.07. The van der Waals surface area contributed by atoms with Gasteiger partial charge in [-0.15, -0.1) is 5.10 Å². The highest BCUT2D eigenvalue weighted by Crippen LogP contribution is 2.14. The Morgan fingerprint density at radius 1 is 1.26 bits per heavy atom. The SMILES string of the molecule is Cc1cc(C)cc(NC(=O)Cn2nc(Cl)nc2Cl)c1. The van der Waals surface area contributed by atoms with Crippen LogP contribution in [-0.2, 0) is 11.3 Å². The van der Waals surface area contributed by atoms with Crippen molar-refractivity contribution >= 4 is 34.8 Å². The Bertz CT molecular complexity index is 604. The number of benzene rings is 1. The van der Waals surface area contributed by atoms with Crippen molar-refractivity contribution in [3.8, 4) is 0 Å². The summed E-state index contributed by atoms with van der Waals surface area (Å²) in [6.07, 6.45) is 0. The van der Waals surface area contributed by atoms with Crippen molar-refractivity contribution in [2.45, 2.75) is 20.4 Å². The molecule has 0 bridgehead atoms. The Morgan fingerprint density at radius 3 is 2.42 bits per heavy atom. The van der Waals surface area contributed by atoms with Gasteiger partial charge in [0.25, 0.3) is 0 Å². The van der Waals surface area contributed by atoms with Gasteiger partial charge in [-0.3, -0.25) is 4.79 Å². The smallest absolute Gasteiger partial charge is 0.246 e. The molecule has 1 amide bonds. The number of nitrogens with zero attached hydrogens (tertiary/aromatic N) is 3. The van der Waals surface area contributed by atoms with Gasteiger partial charge in [0.1, 0.15) is 6.54 Å². The highest BCUT2D eigenvalue weighted by atomic mass is 35.5. The van der Waals surface area contributed by atoms with Crippen molar-refractivity contribution in [2.24, 2.45) is 0 Å². The maximum Gasteiger partial charge on any atom is 0.246 e. The van der Waals surface area contributed by atoms with Gasteiger partial charge in [-0.1, -0.05) is 6.07 Å². The van der Waals surface area contributed by atoms with Crippen molar-refractivity contribution in [1.82, 2.24) is 14.8 Å². The first-order valence-corrected chi connectivity index (χ1v) is 6.33. The molecule has 2 rings (SSSR count). The highest BCUT2D eigenvalue weighted by Gasteiger charge is 2.10. The zero-order valence-corrected chi connectivity index (χ0v) is 12.0. The molecule has 0 aliphatic carbocycles. The molecule has 5 nitrogen and oxygen atoms in total. The number of aromatic nitrogens is 3. The number of hydrogen-bond acceptors (Lipinski definition) is 3. The first-order chi connectivity index (χ1) is 8.94. The molecule has 1 heterocycles. The molecule has 0 fully saturated rings. The zero-order chi connectivity index (χ0) is 14.0. The summed E-state index contributed by atoms with van der Waals surface area (Å²) in [4.78, 5) is 15.6. The average molecular weight is 299 g/mol. The summed E-state index contributed by atoms with van der Waals surface area (Å²) in [6.45, 7) is 3.90. The largest absolute Gasteiger partial charge is 0.324 e. The summed E-state index contributed by atoms with van der Waals surface area (Å²) in [5, 5.41) is 6.69. The third-order valence-electron chi connectivity index (χ3n) is 2.40. The minimum Gasteiger partial charge on any atom is -0.324 e. The van der Waals surface area contributed by atoms with Crippen LogP contribution in [0.25, 0.3) is 0 Å². The van der Waals surface area contributed by atoms with E-state index in [1.165, 1.54) is 4.68 Å². The third kappa shape index (κ3) is 3.68. The number of nitrogens with one attached hydrogen (secondary N) is 1. The number of carbonyl (C=O) groups is 1. The van der Waals surface area contributed by atoms with Crippen molar-refractivity contribution in [2.75, 3.05) is 5.32 Å². The maximum absolute atomic E-state index is 11.9. The van der Waals surface area contributed by atoms with Crippen LogP contribution >= 0.6 is 23.2 Å². The van der Waals surface area contributed by atoms with Crippen LogP contribution in [0.5, 0.6) is 0 Å². The predicted molar refractivity (Wildman–Crippen MR) is 74.6 cm³/mol. The van der Waals surface area contributed by atoms with E-state index in [1.54, 1.807) is 0 Å². The van der Waals surface area contributed by atoms with Crippen LogP contribution in [0.15, 0.2) is 18.2 Å². The third-order valence-corrected chi connectivity index (χ3v) is 2.84. The topological polar surface area (TPSA) is 59.8 Å². The Morgan fingerprint density at radius 2 is 1.89 bits per heavy atom. The molecule has 1 N–H and O–H groups in total. The lowest BCUT2D eigenvalue weighted by Crippen LogP contribution is -2.19. The van der Waals surface area contributed by atoms with E-state index in [1.807, 2.05) is 32.0 Å². The van der Waals surface area contributed by atoms with E-state index >= 15 is 0 Å². The van der Waals surface area contributed by atoms with Gasteiger partial charge in [0.15, 0.2) is 0 Å². The van der Waals surface area contributed by atoms with Crippen molar-refractivity contribution < 1.29 is 4.79 Å². The minimum atomic E-state index is -0.242. The summed E-state index contributed by atoms with van der Waals surface area (Å²) < 4.78 is 1.24. The van der Waals surface area contributed by atoms with E-state index in [2.05, 4.69) is 15.4 Å². The molecule has 100 valence electrons. The van der Waals surface area contributed by atoms with Crippen LogP contribution in [0.3, 0.4) is 0 Å². The van der Waals surface area contributed by atoms with Gasteiger partial charge >= 0.3 is 0 Å². The first-order valence-electron chi connectivity index (χ1n) is 5.58. The van der Waals surface area contributed by atoms with Crippen LogP contribution < -0.4 is 5.32 Å². The second kappa shape index (κ2) is 5.59. The van der Waals surface area contributed by atoms with Gasteiger partial charge in [0.05, 0.1) is 0 Å². The average Bonchev–Trinajstić information content (AvgIpc) is 2.55. The molecule has 2 aromatic rings. The fourth-order valence-electron chi connectivity index (χ4n) is 1.78. The van der Waals surface area contributed by atoms with E-state index in [0.29, 0.717) is 0 Å². The van der Waals surface area contributed by atoms with Crippen LogP contribution in [0.2, 0.25) is 10.6 Å². The molecule has 0 radical (unpaired) electrons. The molecular formula is C12H12Cl2N4O. The molecule has 1 aromatic heterocycles. The summed E-state index contributed by atoms with van der Waals surface area (Å²) in [5.74, 6) is -0.242. The van der Waals surface area contributed by atoms with Gasteiger partial charge in [0, 0.05) is 5.69 Å². The number of carbonyl (C=O) groups excluding carboxylic acids is 1. The lowest BCUT2D eigenvalue weighted by atomic mass is 10.1. The standard InChI is InChI=1S/C12H12Cl2N4O/c1-7-3-8(2)5-9(4-7)15-10(19)6-18-12(14)16-11(13)17-18/h3-5H,6H2,1-2H3,(H,15,19). The summed E-state index contributed by atoms with van der Waals surface area (Å²) in [5.41, 5.74) is 2.90. The molecule has 0 spiro atoms. The van der Waals surface area contributed by atoms with Crippen LogP contribution in [0.1, 0.15) is 11.1 Å². The van der Waals surface area contributed by atoms with Crippen molar-refractivity contribution in [3.05, 3.63) is 39.9 Å². The van der Waals surface area contributed by atoms with Crippen molar-refractivity contribution in [1.29, 1.82) is 0 Å². The molecule has 0 aliphatic heterocycles. The first kappa shape index (κ1) is 13.8. The van der Waals surface area contributed by atoms with E-state index in [9.17, 15) is 4.79 Å². The Balaban J connectivity index is 2.07. The van der Waals surface area contributed by atoms with Crippen LogP contribution in [-0.4, -0.2) is 20.7 Å². The normalized spacial score (nSPS) is 10.5. The van der Waals surface area contributed by atoms with E-state index in [4.69, 9.17) is 23.2 Å². The monoisotopic (exact) mass is 298 g/mol. The second-order valence-corrected chi connectivity index (χ2v) is 4.91. The quantitative estimate of drug-likeness (QED) is 0.948. The molecule has 7 heteroatoms. The lowest BCUT2D eigenvalue weighted by Gasteiger charge is -2.07. The highest BCUT2D eigenvalue weighted by molar-refractivity contribution is 6.31. The number of amides is 1. The number of hydrogen-bond donors (Lipinski definition) is 1. The number of aryl methyl sites for hydroxylation is 2. The molecular weight excluding hydrogens is 287 g/mol. The zero-order valence-electron chi connectivity index (χ0n) is 10.4. The minimum absolute atomic E-state index is 0.0178. The van der Waals surface area contributed by atoms with Gasteiger partial charge in [-0.25, -0.2) is 4.68 Å². The second-order valence-electron chi connectivity index (χ2n) is 4.23. The number of halogens is 2. The molecule has 1 aromatic carbocycles. The number of anilines is 1. The van der Waals surface area contributed by atoms with Crippen LogP contribution in [0.4, 0.5) is 5.69 Å². The molecule has 0 unspecified atom stereocenters. The molecule has 0 aliphatic rings. The van der Waals surface area contributed by atoms with E-state index in [-0.39, 0.29) is 23.0 Å². The fourth-order valence-corrected chi connectivity index (χ4v) is 2.17. The molecule has 0 saturated carbocycles. The Hall–Kier alpha value is -1.59.